The van der Waals surface area contributed by atoms with E-state index in [1.165, 1.54) is 142 Å². The Labute approximate surface area is 332 Å². The first-order chi connectivity index (χ1) is 25.5. The summed E-state index contributed by atoms with van der Waals surface area (Å²) in [4.78, 5) is 11.7. The van der Waals surface area contributed by atoms with Gasteiger partial charge in [-0.15, -0.1) is 0 Å². The summed E-state index contributed by atoms with van der Waals surface area (Å²) < 4.78 is 0. The summed E-state index contributed by atoms with van der Waals surface area (Å²) in [7, 11) is 0. The number of Topliss-reactive ketones (excluding diaryl/α,β-unsaturated/α-hetero) is 1. The van der Waals surface area contributed by atoms with Crippen molar-refractivity contribution in [3.8, 4) is 0 Å². The molecule has 2 heteroatoms. The van der Waals surface area contributed by atoms with E-state index in [1.54, 1.807) is 5.57 Å². The first-order valence-corrected chi connectivity index (χ1v) is 22.6. The van der Waals surface area contributed by atoms with Crippen molar-refractivity contribution in [1.29, 1.82) is 0 Å². The van der Waals surface area contributed by atoms with Crippen LogP contribution in [0.2, 0.25) is 0 Å². The third kappa shape index (κ3) is 24.0. The summed E-state index contributed by atoms with van der Waals surface area (Å²) in [6.45, 7) is 29.4. The lowest BCUT2D eigenvalue weighted by molar-refractivity contribution is -0.120. The summed E-state index contributed by atoms with van der Waals surface area (Å²) in [6, 6.07) is 4.73. The molecular formula is C51H89NO. The molecule has 0 spiro atoms. The Hall–Kier alpha value is -2.19. The third-order valence-corrected chi connectivity index (χ3v) is 11.0. The van der Waals surface area contributed by atoms with E-state index in [2.05, 4.69) is 125 Å². The van der Waals surface area contributed by atoms with Gasteiger partial charge in [-0.3, -0.25) is 4.79 Å². The highest BCUT2D eigenvalue weighted by Crippen LogP contribution is 2.27. The standard InChI is InChI=1S/C28H42.C14H28O.C9H19N/c1-9-13-15-27(21(5)16-17-25(11-3)14-10-2)19-24(8)28-20-26(12-4)22(6)18-23(28)7;1-4-7-8-11-14(15)12-13(9-5-2)10-6-3;1-2-3-4-9-5-7-10-8-6-9/h15-20H,9-14H2,1-8H3;13H,4-12H2,1-3H3;9-10H,2-8H2,1H3/b21-16+,24-19-,25-17-,27-15-;;. The molecule has 1 N–H and O–H groups in total. The molecule has 0 bridgehead atoms. The van der Waals surface area contributed by atoms with Gasteiger partial charge in [0, 0.05) is 12.8 Å². The smallest absolute Gasteiger partial charge is 0.133 e. The second kappa shape index (κ2) is 33.2. The Balaban J connectivity index is 0.000000895. The minimum atomic E-state index is 0.496. The number of unbranched alkanes of at least 4 members (excludes halogenated alkanes) is 4. The van der Waals surface area contributed by atoms with Crippen LogP contribution in [0, 0.1) is 25.7 Å². The summed E-state index contributed by atoms with van der Waals surface area (Å²) >= 11 is 0. The van der Waals surface area contributed by atoms with Gasteiger partial charge in [-0.1, -0.05) is 168 Å². The molecule has 0 radical (unpaired) electrons. The van der Waals surface area contributed by atoms with Gasteiger partial charge >= 0.3 is 0 Å². The van der Waals surface area contributed by atoms with Crippen LogP contribution in [0.3, 0.4) is 0 Å². The maximum atomic E-state index is 11.7. The first-order valence-electron chi connectivity index (χ1n) is 22.6. The normalized spacial score (nSPS) is 14.5. The van der Waals surface area contributed by atoms with Crippen molar-refractivity contribution in [2.75, 3.05) is 13.1 Å². The van der Waals surface area contributed by atoms with Crippen LogP contribution in [0.4, 0.5) is 0 Å². The van der Waals surface area contributed by atoms with Crippen LogP contribution >= 0.6 is 0 Å². The predicted molar refractivity (Wildman–Crippen MR) is 241 cm³/mol. The zero-order chi connectivity index (χ0) is 39.9. The van der Waals surface area contributed by atoms with Crippen molar-refractivity contribution in [1.82, 2.24) is 5.32 Å². The summed E-state index contributed by atoms with van der Waals surface area (Å²) in [5.74, 6) is 2.20. The Morgan fingerprint density at radius 3 is 1.98 bits per heavy atom. The fourth-order valence-electron chi connectivity index (χ4n) is 7.51. The van der Waals surface area contributed by atoms with E-state index < -0.39 is 0 Å². The van der Waals surface area contributed by atoms with E-state index >= 15 is 0 Å². The number of allylic oxidation sites excluding steroid dienone is 8. The monoisotopic (exact) mass is 732 g/mol. The van der Waals surface area contributed by atoms with E-state index in [-0.39, 0.29) is 0 Å². The van der Waals surface area contributed by atoms with Crippen molar-refractivity contribution in [2.45, 2.75) is 212 Å². The average molecular weight is 732 g/mol. The molecule has 0 amide bonds. The molecule has 2 rings (SSSR count). The SMILES string of the molecule is CCC/C=C(/C=C(/C)c1cc(CC)c(C)cc1C)C(\C)=C\C=C(\CC)CCC.CCCCC1CCNCC1.CCCCCC(=O)CC(CCC)CCC. The summed E-state index contributed by atoms with van der Waals surface area (Å²) in [6.07, 6.45) is 33.6. The van der Waals surface area contributed by atoms with Crippen LogP contribution < -0.4 is 5.32 Å². The molecule has 0 atom stereocenters. The Kier molecular flexibility index (Phi) is 31.8. The molecule has 53 heavy (non-hydrogen) atoms. The predicted octanol–water partition coefficient (Wildman–Crippen LogP) is 16.0. The first kappa shape index (κ1) is 50.8. The van der Waals surface area contributed by atoms with Crippen molar-refractivity contribution in [2.24, 2.45) is 11.8 Å². The highest BCUT2D eigenvalue weighted by atomic mass is 16.1. The topological polar surface area (TPSA) is 29.1 Å². The van der Waals surface area contributed by atoms with E-state index in [0.29, 0.717) is 11.7 Å². The minimum absolute atomic E-state index is 0.496. The van der Waals surface area contributed by atoms with Gasteiger partial charge in [0.15, 0.2) is 0 Å². The lowest BCUT2D eigenvalue weighted by Gasteiger charge is -2.21. The van der Waals surface area contributed by atoms with Gasteiger partial charge in [0.2, 0.25) is 0 Å². The van der Waals surface area contributed by atoms with Gasteiger partial charge in [-0.2, -0.15) is 0 Å². The van der Waals surface area contributed by atoms with E-state index in [0.717, 1.165) is 44.4 Å². The molecule has 1 fully saturated rings. The lowest BCUT2D eigenvalue weighted by atomic mass is 9.91. The van der Waals surface area contributed by atoms with Crippen LogP contribution in [0.15, 0.2) is 53.2 Å². The van der Waals surface area contributed by atoms with Gasteiger partial charge in [0.1, 0.15) is 5.78 Å². The Bertz CT molecular complexity index is 1200. The highest BCUT2D eigenvalue weighted by molar-refractivity contribution is 5.78. The number of ketones is 1. The number of rotatable bonds is 23. The number of aryl methyl sites for hydroxylation is 3. The molecule has 1 aromatic rings. The van der Waals surface area contributed by atoms with Crippen molar-refractivity contribution < 1.29 is 4.79 Å². The maximum Gasteiger partial charge on any atom is 0.133 e. The molecule has 0 unspecified atom stereocenters. The van der Waals surface area contributed by atoms with Crippen molar-refractivity contribution in [3.05, 3.63) is 75.4 Å². The molecule has 2 nitrogen and oxygen atoms in total. The fraction of sp³-hybridized carbons (Fsp3) is 0.706. The Morgan fingerprint density at radius 1 is 0.774 bits per heavy atom. The van der Waals surface area contributed by atoms with Crippen LogP contribution in [0.25, 0.3) is 5.57 Å². The molecular weight excluding hydrogens is 643 g/mol. The largest absolute Gasteiger partial charge is 0.317 e. The summed E-state index contributed by atoms with van der Waals surface area (Å²) in [5, 5.41) is 3.39. The van der Waals surface area contributed by atoms with Gasteiger partial charge in [0.05, 0.1) is 0 Å². The second-order valence-corrected chi connectivity index (χ2v) is 16.0. The van der Waals surface area contributed by atoms with Gasteiger partial charge in [0.25, 0.3) is 0 Å². The number of benzene rings is 1. The van der Waals surface area contributed by atoms with Crippen LogP contribution in [-0.2, 0) is 11.2 Å². The van der Waals surface area contributed by atoms with Crippen LogP contribution in [0.5, 0.6) is 0 Å². The summed E-state index contributed by atoms with van der Waals surface area (Å²) in [5.41, 5.74) is 11.2. The van der Waals surface area contributed by atoms with E-state index in [9.17, 15) is 4.79 Å². The molecule has 1 heterocycles. The van der Waals surface area contributed by atoms with E-state index in [1.807, 2.05) is 0 Å². The molecule has 304 valence electrons. The lowest BCUT2D eigenvalue weighted by Crippen LogP contribution is -2.27. The number of nitrogens with one attached hydrogen (secondary N) is 1. The number of carbonyl (C=O) groups is 1. The van der Waals surface area contributed by atoms with Crippen LogP contribution in [-0.4, -0.2) is 18.9 Å². The van der Waals surface area contributed by atoms with Gasteiger partial charge in [-0.25, -0.2) is 0 Å². The van der Waals surface area contributed by atoms with Gasteiger partial charge < -0.3 is 5.32 Å². The maximum absolute atomic E-state index is 11.7. The third-order valence-electron chi connectivity index (χ3n) is 11.0. The Morgan fingerprint density at radius 2 is 1.43 bits per heavy atom. The number of hydrogen-bond acceptors (Lipinski definition) is 2. The molecule has 1 saturated heterocycles. The molecule has 1 aromatic carbocycles. The number of hydrogen-bond donors (Lipinski definition) is 1. The average Bonchev–Trinajstić information content (AvgIpc) is 3.15. The molecule has 0 aliphatic carbocycles. The quantitative estimate of drug-likeness (QED) is 0.0897. The van der Waals surface area contributed by atoms with Crippen molar-refractivity contribution >= 4 is 11.4 Å². The zero-order valence-electron chi connectivity index (χ0n) is 37.6. The molecule has 1 aliphatic rings. The zero-order valence-corrected chi connectivity index (χ0v) is 37.6. The molecule has 0 saturated carbocycles. The molecule has 0 aromatic heterocycles. The second-order valence-electron chi connectivity index (χ2n) is 16.0. The number of piperidine rings is 1. The van der Waals surface area contributed by atoms with Crippen molar-refractivity contribution in [3.63, 3.8) is 0 Å². The van der Waals surface area contributed by atoms with E-state index in [4.69, 9.17) is 0 Å². The number of carbonyl (C=O) groups excluding carboxylic acids is 1. The fourth-order valence-corrected chi connectivity index (χ4v) is 7.51. The van der Waals surface area contributed by atoms with Gasteiger partial charge in [-0.05, 0) is 137 Å². The highest BCUT2D eigenvalue weighted by Gasteiger charge is 2.13. The minimum Gasteiger partial charge on any atom is -0.317 e. The molecule has 1 aliphatic heterocycles. The van der Waals surface area contributed by atoms with Crippen LogP contribution in [0.1, 0.15) is 213 Å².